The van der Waals surface area contributed by atoms with Crippen LogP contribution in [0.2, 0.25) is 0 Å². The number of carbonyl (C=O) groups excluding carboxylic acids is 1. The number of furan rings is 1. The molecule has 1 aliphatic heterocycles. The van der Waals surface area contributed by atoms with Crippen molar-refractivity contribution in [2.45, 2.75) is 46.7 Å². The van der Waals surface area contributed by atoms with Crippen LogP contribution in [0.15, 0.2) is 16.5 Å². The summed E-state index contributed by atoms with van der Waals surface area (Å²) in [4.78, 5) is 14.0. The summed E-state index contributed by atoms with van der Waals surface area (Å²) in [6, 6.07) is 4.46. The molecule has 0 spiro atoms. The van der Waals surface area contributed by atoms with E-state index in [1.165, 1.54) is 0 Å². The van der Waals surface area contributed by atoms with Crippen LogP contribution < -0.4 is 5.32 Å². The van der Waals surface area contributed by atoms with Crippen molar-refractivity contribution in [3.05, 3.63) is 23.7 Å². The van der Waals surface area contributed by atoms with Gasteiger partial charge in [-0.05, 0) is 31.4 Å². The molecule has 4 heteroatoms. The molecule has 1 aliphatic rings. The van der Waals surface area contributed by atoms with E-state index in [2.05, 4.69) is 12.2 Å². The third kappa shape index (κ3) is 3.63. The average molecular weight is 278 g/mol. The van der Waals surface area contributed by atoms with Crippen molar-refractivity contribution in [1.82, 2.24) is 10.2 Å². The molecule has 1 aromatic heterocycles. The van der Waals surface area contributed by atoms with Gasteiger partial charge in [0.15, 0.2) is 0 Å². The molecule has 2 rings (SSSR count). The van der Waals surface area contributed by atoms with E-state index < -0.39 is 0 Å². The minimum atomic E-state index is 0.0952. The fourth-order valence-electron chi connectivity index (χ4n) is 2.83. The molecular formula is C16H26N2O2. The van der Waals surface area contributed by atoms with Gasteiger partial charge in [0.05, 0.1) is 6.54 Å². The van der Waals surface area contributed by atoms with Crippen molar-refractivity contribution in [3.63, 3.8) is 0 Å². The zero-order valence-corrected chi connectivity index (χ0v) is 13.0. The van der Waals surface area contributed by atoms with E-state index in [1.54, 1.807) is 0 Å². The quantitative estimate of drug-likeness (QED) is 0.920. The number of hydrogen-bond donors (Lipinski definition) is 1. The van der Waals surface area contributed by atoms with Gasteiger partial charge >= 0.3 is 0 Å². The first-order chi connectivity index (χ1) is 9.47. The van der Waals surface area contributed by atoms with Crippen molar-refractivity contribution < 1.29 is 9.21 Å². The number of rotatable bonds is 4. The summed E-state index contributed by atoms with van der Waals surface area (Å²) in [5.74, 6) is 2.78. The maximum atomic E-state index is 12.0. The van der Waals surface area contributed by atoms with Crippen molar-refractivity contribution in [2.24, 2.45) is 11.8 Å². The molecule has 20 heavy (non-hydrogen) atoms. The molecule has 0 aromatic carbocycles. The summed E-state index contributed by atoms with van der Waals surface area (Å²) in [6.07, 6.45) is 1.01. The fourth-order valence-corrected chi connectivity index (χ4v) is 2.83. The third-order valence-corrected chi connectivity index (χ3v) is 4.05. The molecule has 1 amide bonds. The summed E-state index contributed by atoms with van der Waals surface area (Å²) in [5.41, 5.74) is 0. The Hall–Kier alpha value is -1.29. The highest BCUT2D eigenvalue weighted by Gasteiger charge is 2.29. The standard InChI is InChI=1S/C16H26N2O2/c1-11(2)16(19)18-8-7-15(12(3)10-18)17-9-14-6-5-13(4)20-14/h5-6,11-12,15,17H,7-10H2,1-4H3/t12-,15+/m0/s1. The minimum absolute atomic E-state index is 0.0952. The maximum Gasteiger partial charge on any atom is 0.225 e. The van der Waals surface area contributed by atoms with E-state index in [0.717, 1.165) is 37.6 Å². The molecular weight excluding hydrogens is 252 g/mol. The van der Waals surface area contributed by atoms with Crippen LogP contribution in [0.25, 0.3) is 0 Å². The van der Waals surface area contributed by atoms with E-state index in [4.69, 9.17) is 4.42 Å². The van der Waals surface area contributed by atoms with Gasteiger partial charge in [0.25, 0.3) is 0 Å². The largest absolute Gasteiger partial charge is 0.465 e. The van der Waals surface area contributed by atoms with Crippen LogP contribution in [0.5, 0.6) is 0 Å². The number of nitrogens with zero attached hydrogens (tertiary/aromatic N) is 1. The summed E-state index contributed by atoms with van der Waals surface area (Å²) in [6.45, 7) is 10.6. The average Bonchev–Trinajstić information content (AvgIpc) is 2.82. The maximum absolute atomic E-state index is 12.0. The Balaban J connectivity index is 1.82. The van der Waals surface area contributed by atoms with Gasteiger partial charge in [0.1, 0.15) is 11.5 Å². The number of hydrogen-bond acceptors (Lipinski definition) is 3. The fraction of sp³-hybridized carbons (Fsp3) is 0.688. The normalized spacial score (nSPS) is 23.4. The lowest BCUT2D eigenvalue weighted by molar-refractivity contribution is -0.136. The van der Waals surface area contributed by atoms with E-state index in [-0.39, 0.29) is 11.8 Å². The summed E-state index contributed by atoms with van der Waals surface area (Å²) in [7, 11) is 0. The lowest BCUT2D eigenvalue weighted by atomic mass is 9.93. The molecule has 1 saturated heterocycles. The van der Waals surface area contributed by atoms with Gasteiger partial charge in [-0.15, -0.1) is 0 Å². The number of nitrogens with one attached hydrogen (secondary N) is 1. The number of aryl methyl sites for hydroxylation is 1. The number of likely N-dealkylation sites (tertiary alicyclic amines) is 1. The highest BCUT2D eigenvalue weighted by atomic mass is 16.3. The Kier molecular flexibility index (Phi) is 4.86. The van der Waals surface area contributed by atoms with Crippen LogP contribution in [0.1, 0.15) is 38.7 Å². The molecule has 0 saturated carbocycles. The molecule has 0 aliphatic carbocycles. The molecule has 0 unspecified atom stereocenters. The van der Waals surface area contributed by atoms with Crippen LogP contribution in [0.3, 0.4) is 0 Å². The van der Waals surface area contributed by atoms with E-state index in [1.807, 2.05) is 37.8 Å². The summed E-state index contributed by atoms with van der Waals surface area (Å²) < 4.78 is 5.57. The Morgan fingerprint density at radius 1 is 1.50 bits per heavy atom. The molecule has 1 fully saturated rings. The lowest BCUT2D eigenvalue weighted by Gasteiger charge is -2.38. The molecule has 0 bridgehead atoms. The SMILES string of the molecule is Cc1ccc(CN[C@@H]2CCN(C(=O)C(C)C)C[C@@H]2C)o1. The van der Waals surface area contributed by atoms with E-state index in [0.29, 0.717) is 12.0 Å². The van der Waals surface area contributed by atoms with Crippen molar-refractivity contribution in [1.29, 1.82) is 0 Å². The van der Waals surface area contributed by atoms with Crippen LogP contribution in [-0.4, -0.2) is 29.9 Å². The second-order valence-electron chi connectivity index (χ2n) is 6.20. The van der Waals surface area contributed by atoms with Gasteiger partial charge in [-0.2, -0.15) is 0 Å². The monoisotopic (exact) mass is 278 g/mol. The number of amides is 1. The minimum Gasteiger partial charge on any atom is -0.465 e. The van der Waals surface area contributed by atoms with E-state index in [9.17, 15) is 4.79 Å². The predicted octanol–water partition coefficient (Wildman–Crippen LogP) is 2.57. The van der Waals surface area contributed by atoms with Crippen LogP contribution in [-0.2, 0) is 11.3 Å². The molecule has 4 nitrogen and oxygen atoms in total. The highest BCUT2D eigenvalue weighted by molar-refractivity contribution is 5.78. The Labute approximate surface area is 121 Å². The van der Waals surface area contributed by atoms with Gasteiger partial charge in [0.2, 0.25) is 5.91 Å². The summed E-state index contributed by atoms with van der Waals surface area (Å²) >= 11 is 0. The third-order valence-electron chi connectivity index (χ3n) is 4.05. The second kappa shape index (κ2) is 6.44. The first-order valence-electron chi connectivity index (χ1n) is 7.55. The molecule has 0 radical (unpaired) electrons. The van der Waals surface area contributed by atoms with Crippen LogP contribution >= 0.6 is 0 Å². The highest BCUT2D eigenvalue weighted by Crippen LogP contribution is 2.19. The molecule has 1 N–H and O–H groups in total. The Morgan fingerprint density at radius 3 is 2.80 bits per heavy atom. The lowest BCUT2D eigenvalue weighted by Crippen LogP contribution is -2.50. The van der Waals surface area contributed by atoms with Gasteiger partial charge in [-0.25, -0.2) is 0 Å². The van der Waals surface area contributed by atoms with Gasteiger partial charge in [-0.3, -0.25) is 4.79 Å². The first-order valence-corrected chi connectivity index (χ1v) is 7.55. The van der Waals surface area contributed by atoms with E-state index >= 15 is 0 Å². The van der Waals surface area contributed by atoms with Crippen molar-refractivity contribution in [3.8, 4) is 0 Å². The van der Waals surface area contributed by atoms with Crippen LogP contribution in [0.4, 0.5) is 0 Å². The Bertz CT molecular complexity index is 453. The van der Waals surface area contributed by atoms with Crippen molar-refractivity contribution >= 4 is 5.91 Å². The second-order valence-corrected chi connectivity index (χ2v) is 6.20. The molecule has 112 valence electrons. The van der Waals surface area contributed by atoms with Gasteiger partial charge in [0, 0.05) is 25.0 Å². The topological polar surface area (TPSA) is 45.5 Å². The smallest absolute Gasteiger partial charge is 0.225 e. The zero-order chi connectivity index (χ0) is 14.7. The molecule has 2 heterocycles. The summed E-state index contributed by atoms with van der Waals surface area (Å²) in [5, 5.41) is 3.56. The van der Waals surface area contributed by atoms with Gasteiger partial charge < -0.3 is 14.6 Å². The number of carbonyl (C=O) groups is 1. The Morgan fingerprint density at radius 2 is 2.25 bits per heavy atom. The molecule has 2 atom stereocenters. The van der Waals surface area contributed by atoms with Crippen molar-refractivity contribution in [2.75, 3.05) is 13.1 Å². The predicted molar refractivity (Wildman–Crippen MR) is 79.3 cm³/mol. The zero-order valence-electron chi connectivity index (χ0n) is 13.0. The number of piperidine rings is 1. The van der Waals surface area contributed by atoms with Gasteiger partial charge in [-0.1, -0.05) is 20.8 Å². The first kappa shape index (κ1) is 15.1. The van der Waals surface area contributed by atoms with Crippen LogP contribution in [0, 0.1) is 18.8 Å². The molecule has 1 aromatic rings.